The van der Waals surface area contributed by atoms with Gasteiger partial charge in [-0.2, -0.15) is 8.61 Å². The standard InChI is InChI=1S/C7H16N2O5S2/c1-15(10,11)8-4-3-5-9(7-14-6-8)16(2,12)13/h3-7H2,1-2H3. The molecule has 7 nitrogen and oxygen atoms in total. The summed E-state index contributed by atoms with van der Waals surface area (Å²) >= 11 is 0. The van der Waals surface area contributed by atoms with Crippen LogP contribution in [0.1, 0.15) is 6.42 Å². The molecular formula is C7H16N2O5S2. The average Bonchev–Trinajstić information content (AvgIpc) is 1.96. The van der Waals surface area contributed by atoms with Crippen molar-refractivity contribution in [1.29, 1.82) is 0 Å². The molecule has 0 spiro atoms. The quantitative estimate of drug-likeness (QED) is 0.633. The Balaban J connectivity index is 2.64. The van der Waals surface area contributed by atoms with Crippen LogP contribution in [0.4, 0.5) is 0 Å². The summed E-state index contributed by atoms with van der Waals surface area (Å²) in [5.41, 5.74) is 0. The van der Waals surface area contributed by atoms with Gasteiger partial charge in [0.2, 0.25) is 20.0 Å². The fraction of sp³-hybridized carbons (Fsp3) is 1.00. The molecule has 16 heavy (non-hydrogen) atoms. The lowest BCUT2D eigenvalue weighted by Gasteiger charge is -2.27. The smallest absolute Gasteiger partial charge is 0.213 e. The molecule has 0 unspecified atom stereocenters. The Morgan fingerprint density at radius 3 is 1.56 bits per heavy atom. The van der Waals surface area contributed by atoms with E-state index >= 15 is 0 Å². The Kier molecular flexibility index (Phi) is 4.29. The molecule has 96 valence electrons. The van der Waals surface area contributed by atoms with Gasteiger partial charge in [-0.1, -0.05) is 0 Å². The number of hydrogen-bond acceptors (Lipinski definition) is 5. The highest BCUT2D eigenvalue weighted by atomic mass is 32.2. The van der Waals surface area contributed by atoms with Crippen LogP contribution < -0.4 is 0 Å². The number of rotatable bonds is 2. The van der Waals surface area contributed by atoms with E-state index in [0.29, 0.717) is 6.42 Å². The lowest BCUT2D eigenvalue weighted by molar-refractivity contribution is 0.0121. The first kappa shape index (κ1) is 13.8. The van der Waals surface area contributed by atoms with Crippen LogP contribution in [0.15, 0.2) is 0 Å². The van der Waals surface area contributed by atoms with Crippen molar-refractivity contribution >= 4 is 20.0 Å². The van der Waals surface area contributed by atoms with Gasteiger partial charge >= 0.3 is 0 Å². The Bertz CT molecular complexity index is 380. The predicted molar refractivity (Wildman–Crippen MR) is 58.5 cm³/mol. The molecule has 0 saturated carbocycles. The molecule has 1 aliphatic heterocycles. The van der Waals surface area contributed by atoms with Crippen LogP contribution in [0.25, 0.3) is 0 Å². The predicted octanol–water partition coefficient (Wildman–Crippen LogP) is -1.16. The SMILES string of the molecule is CS(=O)(=O)N1CCCN(S(C)(=O)=O)COC1. The second-order valence-electron chi connectivity index (χ2n) is 3.69. The van der Waals surface area contributed by atoms with Gasteiger partial charge in [0.05, 0.1) is 12.5 Å². The maximum Gasteiger partial charge on any atom is 0.213 e. The first-order chi connectivity index (χ1) is 7.21. The first-order valence-electron chi connectivity index (χ1n) is 4.69. The summed E-state index contributed by atoms with van der Waals surface area (Å²) in [6.45, 7) is 0.325. The van der Waals surface area contributed by atoms with Crippen LogP contribution in [0.2, 0.25) is 0 Å². The van der Waals surface area contributed by atoms with Crippen molar-refractivity contribution in [3.63, 3.8) is 0 Å². The zero-order valence-corrected chi connectivity index (χ0v) is 10.9. The lowest BCUT2D eigenvalue weighted by Crippen LogP contribution is -2.42. The van der Waals surface area contributed by atoms with Crippen molar-refractivity contribution in [2.45, 2.75) is 6.42 Å². The van der Waals surface area contributed by atoms with Crippen LogP contribution in [0.3, 0.4) is 0 Å². The topological polar surface area (TPSA) is 84.0 Å². The molecule has 0 atom stereocenters. The minimum absolute atomic E-state index is 0.106. The van der Waals surface area contributed by atoms with Crippen LogP contribution in [-0.2, 0) is 24.8 Å². The fourth-order valence-corrected chi connectivity index (χ4v) is 2.77. The van der Waals surface area contributed by atoms with Gasteiger partial charge in [-0.3, -0.25) is 0 Å². The Morgan fingerprint density at radius 1 is 0.875 bits per heavy atom. The van der Waals surface area contributed by atoms with Crippen molar-refractivity contribution in [1.82, 2.24) is 8.61 Å². The van der Waals surface area contributed by atoms with Crippen LogP contribution >= 0.6 is 0 Å². The molecule has 1 heterocycles. The highest BCUT2D eigenvalue weighted by molar-refractivity contribution is 7.88. The van der Waals surface area contributed by atoms with Gasteiger partial charge in [-0.05, 0) is 6.42 Å². The Hall–Kier alpha value is -0.220. The molecule has 0 aliphatic carbocycles. The molecule has 9 heteroatoms. The molecule has 0 amide bonds. The lowest BCUT2D eigenvalue weighted by atomic mass is 10.4. The molecule has 1 fully saturated rings. The van der Waals surface area contributed by atoms with Crippen LogP contribution in [0, 0.1) is 0 Å². The van der Waals surface area contributed by atoms with E-state index in [1.54, 1.807) is 0 Å². The molecular weight excluding hydrogens is 256 g/mol. The summed E-state index contributed by atoms with van der Waals surface area (Å²) in [5, 5.41) is 0. The van der Waals surface area contributed by atoms with E-state index < -0.39 is 20.0 Å². The number of sulfonamides is 2. The first-order valence-corrected chi connectivity index (χ1v) is 8.39. The van der Waals surface area contributed by atoms with E-state index in [1.807, 2.05) is 0 Å². The Labute approximate surface area is 96.1 Å². The maximum atomic E-state index is 11.2. The zero-order chi connectivity index (χ0) is 12.4. The van der Waals surface area contributed by atoms with Gasteiger partial charge in [0, 0.05) is 13.1 Å². The fourth-order valence-electron chi connectivity index (χ4n) is 1.32. The van der Waals surface area contributed by atoms with E-state index in [2.05, 4.69) is 0 Å². The molecule has 0 aromatic heterocycles. The number of hydrogen-bond donors (Lipinski definition) is 0. The normalized spacial score (nSPS) is 22.6. The number of nitrogens with zero attached hydrogens (tertiary/aromatic N) is 2. The van der Waals surface area contributed by atoms with Crippen molar-refractivity contribution in [2.24, 2.45) is 0 Å². The second kappa shape index (κ2) is 4.96. The molecule has 0 N–H and O–H groups in total. The summed E-state index contributed by atoms with van der Waals surface area (Å²) in [5.74, 6) is 0. The van der Waals surface area contributed by atoms with E-state index in [4.69, 9.17) is 4.74 Å². The molecule has 1 aliphatic rings. The third kappa shape index (κ3) is 3.98. The van der Waals surface area contributed by atoms with Gasteiger partial charge in [0.15, 0.2) is 0 Å². The largest absolute Gasteiger partial charge is 0.349 e. The summed E-state index contributed by atoms with van der Waals surface area (Å²) in [4.78, 5) is 0. The highest BCUT2D eigenvalue weighted by Crippen LogP contribution is 2.08. The number of ether oxygens (including phenoxy) is 1. The van der Waals surface area contributed by atoms with Gasteiger partial charge < -0.3 is 4.74 Å². The summed E-state index contributed by atoms with van der Waals surface area (Å²) in [6.07, 6.45) is 2.67. The third-order valence-corrected chi connectivity index (χ3v) is 4.68. The van der Waals surface area contributed by atoms with E-state index in [-0.39, 0.29) is 26.6 Å². The highest BCUT2D eigenvalue weighted by Gasteiger charge is 2.23. The molecule has 0 bridgehead atoms. The molecule has 0 aromatic rings. The summed E-state index contributed by atoms with van der Waals surface area (Å²) < 4.78 is 52.4. The molecule has 1 rings (SSSR count). The van der Waals surface area contributed by atoms with Gasteiger partial charge in [-0.15, -0.1) is 0 Å². The van der Waals surface area contributed by atoms with E-state index in [9.17, 15) is 16.8 Å². The van der Waals surface area contributed by atoms with E-state index in [1.165, 1.54) is 8.61 Å². The van der Waals surface area contributed by atoms with Crippen LogP contribution in [-0.4, -0.2) is 64.5 Å². The van der Waals surface area contributed by atoms with Crippen molar-refractivity contribution in [2.75, 3.05) is 39.1 Å². The maximum absolute atomic E-state index is 11.2. The average molecular weight is 272 g/mol. The second-order valence-corrected chi connectivity index (χ2v) is 7.66. The zero-order valence-electron chi connectivity index (χ0n) is 9.29. The van der Waals surface area contributed by atoms with E-state index in [0.717, 1.165) is 12.5 Å². The molecule has 0 radical (unpaired) electrons. The summed E-state index contributed by atoms with van der Waals surface area (Å²) in [7, 11) is -6.56. The third-order valence-electron chi connectivity index (χ3n) is 2.22. The van der Waals surface area contributed by atoms with Crippen molar-refractivity contribution in [3.05, 3.63) is 0 Å². The monoisotopic (exact) mass is 272 g/mol. The summed E-state index contributed by atoms with van der Waals surface area (Å²) in [6, 6.07) is 0. The molecule has 1 saturated heterocycles. The minimum atomic E-state index is -3.28. The van der Waals surface area contributed by atoms with Crippen molar-refractivity contribution < 1.29 is 21.6 Å². The molecule has 0 aromatic carbocycles. The minimum Gasteiger partial charge on any atom is -0.349 e. The van der Waals surface area contributed by atoms with Gasteiger partial charge in [0.25, 0.3) is 0 Å². The van der Waals surface area contributed by atoms with Gasteiger partial charge in [0.1, 0.15) is 13.5 Å². The van der Waals surface area contributed by atoms with Crippen LogP contribution in [0.5, 0.6) is 0 Å². The van der Waals surface area contributed by atoms with Gasteiger partial charge in [-0.25, -0.2) is 16.8 Å². The Morgan fingerprint density at radius 2 is 1.25 bits per heavy atom. The van der Waals surface area contributed by atoms with Crippen molar-refractivity contribution in [3.8, 4) is 0 Å².